The first kappa shape index (κ1) is 15.0. The molecule has 0 atom stereocenters. The van der Waals surface area contributed by atoms with E-state index >= 15 is 0 Å². The number of hydrogen-bond donors (Lipinski definition) is 1. The van der Waals surface area contributed by atoms with E-state index in [4.69, 9.17) is 5.73 Å². The van der Waals surface area contributed by atoms with Crippen LogP contribution in [0.4, 0.5) is 13.2 Å². The normalized spacial score (nSPS) is 10.6. The van der Waals surface area contributed by atoms with Crippen molar-refractivity contribution in [1.29, 1.82) is 0 Å². The molecule has 16 heavy (non-hydrogen) atoms. The quantitative estimate of drug-likeness (QED) is 0.821. The molecule has 0 saturated carbocycles. The van der Waals surface area contributed by atoms with Crippen molar-refractivity contribution in [2.45, 2.75) is 39.4 Å². The van der Waals surface area contributed by atoms with Gasteiger partial charge < -0.3 is 5.73 Å². The second-order valence-electron chi connectivity index (χ2n) is 3.40. The number of hydrogen-bond acceptors (Lipinski definition) is 1. The smallest absolute Gasteiger partial charge is 0.326 e. The Morgan fingerprint density at radius 1 is 1.00 bits per heavy atom. The molecule has 1 nitrogen and oxygen atoms in total. The van der Waals surface area contributed by atoms with E-state index in [-0.39, 0.29) is 6.54 Å². The van der Waals surface area contributed by atoms with Crippen LogP contribution in [0.15, 0.2) is 24.3 Å². The van der Waals surface area contributed by atoms with Gasteiger partial charge in [-0.1, -0.05) is 38.8 Å². The highest BCUT2D eigenvalue weighted by atomic mass is 19.4. The number of unbranched alkanes of at least 4 members (excludes halogenated alkanes) is 1. The van der Waals surface area contributed by atoms with Crippen molar-refractivity contribution < 1.29 is 13.2 Å². The lowest BCUT2D eigenvalue weighted by Gasteiger charge is -2.06. The van der Waals surface area contributed by atoms with Crippen molar-refractivity contribution in [3.8, 4) is 0 Å². The Morgan fingerprint density at radius 2 is 1.44 bits per heavy atom. The molecule has 92 valence electrons. The minimum absolute atomic E-state index is 0.262. The summed E-state index contributed by atoms with van der Waals surface area (Å²) in [6.45, 7) is 4.62. The predicted molar refractivity (Wildman–Crippen MR) is 59.9 cm³/mol. The number of benzene rings is 1. The maximum atomic E-state index is 12.0. The summed E-state index contributed by atoms with van der Waals surface area (Å²) in [5.41, 5.74) is 5.29. The fourth-order valence-corrected chi connectivity index (χ4v) is 0.830. The highest BCUT2D eigenvalue weighted by Crippen LogP contribution is 2.28. The van der Waals surface area contributed by atoms with Crippen molar-refractivity contribution >= 4 is 0 Å². The van der Waals surface area contributed by atoms with Crippen LogP contribution in [0.5, 0.6) is 0 Å². The Balaban J connectivity index is 0.000000487. The Morgan fingerprint density at radius 3 is 1.69 bits per heavy atom. The summed E-state index contributed by atoms with van der Waals surface area (Å²) in [5, 5.41) is 0. The zero-order chi connectivity index (χ0) is 12.6. The molecule has 0 bridgehead atoms. The number of nitrogens with two attached hydrogens (primary N) is 1. The zero-order valence-corrected chi connectivity index (χ0v) is 9.64. The van der Waals surface area contributed by atoms with Gasteiger partial charge in [-0.15, -0.1) is 0 Å². The third-order valence-corrected chi connectivity index (χ3v) is 2.02. The first-order valence-electron chi connectivity index (χ1n) is 5.31. The van der Waals surface area contributed by atoms with Gasteiger partial charge in [-0.2, -0.15) is 13.2 Å². The summed E-state index contributed by atoms with van der Waals surface area (Å²) in [7, 11) is 0. The summed E-state index contributed by atoms with van der Waals surface area (Å²) in [6, 6.07) is 4.82. The second kappa shape index (κ2) is 7.28. The molecule has 0 spiro atoms. The van der Waals surface area contributed by atoms with Gasteiger partial charge in [0.05, 0.1) is 5.56 Å². The van der Waals surface area contributed by atoms with E-state index in [0.717, 1.165) is 12.1 Å². The van der Waals surface area contributed by atoms with E-state index in [1.165, 1.54) is 25.0 Å². The van der Waals surface area contributed by atoms with E-state index in [1.54, 1.807) is 0 Å². The van der Waals surface area contributed by atoms with Crippen LogP contribution >= 0.6 is 0 Å². The van der Waals surface area contributed by atoms with Crippen molar-refractivity contribution in [3.05, 3.63) is 35.4 Å². The highest BCUT2D eigenvalue weighted by molar-refractivity contribution is 5.24. The molecule has 4 heteroatoms. The van der Waals surface area contributed by atoms with Gasteiger partial charge in [0.15, 0.2) is 0 Å². The van der Waals surface area contributed by atoms with E-state index in [2.05, 4.69) is 13.8 Å². The zero-order valence-electron chi connectivity index (χ0n) is 9.64. The Kier molecular flexibility index (Phi) is 6.81. The molecule has 0 aliphatic heterocycles. The van der Waals surface area contributed by atoms with Gasteiger partial charge in [0.2, 0.25) is 0 Å². The summed E-state index contributed by atoms with van der Waals surface area (Å²) in [5.74, 6) is 0. The maximum Gasteiger partial charge on any atom is 0.416 e. The average Bonchev–Trinajstić information content (AvgIpc) is 2.28. The lowest BCUT2D eigenvalue weighted by Crippen LogP contribution is -2.05. The minimum atomic E-state index is -4.26. The lowest BCUT2D eigenvalue weighted by molar-refractivity contribution is -0.137. The molecular formula is C12H18F3N. The van der Waals surface area contributed by atoms with E-state index in [0.29, 0.717) is 5.56 Å². The van der Waals surface area contributed by atoms with Gasteiger partial charge in [-0.25, -0.2) is 0 Å². The predicted octanol–water partition coefficient (Wildman–Crippen LogP) is 3.97. The summed E-state index contributed by atoms with van der Waals surface area (Å²) in [6.07, 6.45) is -1.62. The van der Waals surface area contributed by atoms with Crippen LogP contribution in [-0.2, 0) is 12.7 Å². The summed E-state index contributed by atoms with van der Waals surface area (Å²) in [4.78, 5) is 0. The van der Waals surface area contributed by atoms with Gasteiger partial charge in [0.1, 0.15) is 0 Å². The lowest BCUT2D eigenvalue weighted by atomic mass is 10.1. The third kappa shape index (κ3) is 5.75. The van der Waals surface area contributed by atoms with Crippen LogP contribution in [0.3, 0.4) is 0 Å². The number of rotatable bonds is 2. The molecule has 0 heterocycles. The molecule has 1 rings (SSSR count). The molecule has 0 unspecified atom stereocenters. The Labute approximate surface area is 94.5 Å². The molecule has 0 fully saturated rings. The van der Waals surface area contributed by atoms with Crippen LogP contribution in [0.2, 0.25) is 0 Å². The molecule has 1 aromatic carbocycles. The molecule has 0 amide bonds. The fraction of sp³-hybridized carbons (Fsp3) is 0.500. The Bertz CT molecular complexity index is 275. The van der Waals surface area contributed by atoms with Crippen molar-refractivity contribution in [1.82, 2.24) is 0 Å². The van der Waals surface area contributed by atoms with E-state index in [1.807, 2.05) is 0 Å². The minimum Gasteiger partial charge on any atom is -0.326 e. The molecular weight excluding hydrogens is 215 g/mol. The van der Waals surface area contributed by atoms with Crippen molar-refractivity contribution in [2.24, 2.45) is 5.73 Å². The van der Waals surface area contributed by atoms with Crippen LogP contribution in [0.1, 0.15) is 37.8 Å². The molecule has 2 N–H and O–H groups in total. The first-order valence-corrected chi connectivity index (χ1v) is 5.31. The number of halogens is 3. The SMILES string of the molecule is CCCC.NCc1ccc(C(F)(F)F)cc1. The largest absolute Gasteiger partial charge is 0.416 e. The van der Waals surface area contributed by atoms with Crippen molar-refractivity contribution in [2.75, 3.05) is 0 Å². The molecule has 0 aromatic heterocycles. The monoisotopic (exact) mass is 233 g/mol. The van der Waals surface area contributed by atoms with Gasteiger partial charge in [0.25, 0.3) is 0 Å². The molecule has 0 saturated heterocycles. The van der Waals surface area contributed by atoms with Gasteiger partial charge in [-0.3, -0.25) is 0 Å². The van der Waals surface area contributed by atoms with Crippen LogP contribution in [-0.4, -0.2) is 0 Å². The van der Waals surface area contributed by atoms with Gasteiger partial charge >= 0.3 is 6.18 Å². The van der Waals surface area contributed by atoms with Crippen LogP contribution in [0, 0.1) is 0 Å². The van der Waals surface area contributed by atoms with E-state index in [9.17, 15) is 13.2 Å². The maximum absolute atomic E-state index is 12.0. The average molecular weight is 233 g/mol. The topological polar surface area (TPSA) is 26.0 Å². The summed E-state index contributed by atoms with van der Waals surface area (Å²) < 4.78 is 36.0. The molecule has 1 aromatic rings. The fourth-order valence-electron chi connectivity index (χ4n) is 0.830. The van der Waals surface area contributed by atoms with Crippen molar-refractivity contribution in [3.63, 3.8) is 0 Å². The summed E-state index contributed by atoms with van der Waals surface area (Å²) >= 11 is 0. The van der Waals surface area contributed by atoms with Gasteiger partial charge in [0, 0.05) is 6.54 Å². The van der Waals surface area contributed by atoms with Gasteiger partial charge in [-0.05, 0) is 17.7 Å². The Hall–Kier alpha value is -1.03. The van der Waals surface area contributed by atoms with Crippen LogP contribution in [0.25, 0.3) is 0 Å². The first-order chi connectivity index (χ1) is 7.45. The highest BCUT2D eigenvalue weighted by Gasteiger charge is 2.29. The standard InChI is InChI=1S/C8H8F3N.C4H10/c9-8(10,11)7-3-1-6(5-12)2-4-7;1-3-4-2/h1-4H,5,12H2;3-4H2,1-2H3. The molecule has 0 aliphatic rings. The molecule has 0 radical (unpaired) electrons. The van der Waals surface area contributed by atoms with Crippen LogP contribution < -0.4 is 5.73 Å². The second-order valence-corrected chi connectivity index (χ2v) is 3.40. The number of alkyl halides is 3. The third-order valence-electron chi connectivity index (χ3n) is 2.02. The molecule has 0 aliphatic carbocycles. The van der Waals surface area contributed by atoms with E-state index < -0.39 is 11.7 Å².